The number of ether oxygens (including phenoxy) is 3. The Kier molecular flexibility index (Phi) is 8.68. The Labute approximate surface area is 198 Å². The van der Waals surface area contributed by atoms with Crippen LogP contribution in [-0.2, 0) is 23.8 Å². The van der Waals surface area contributed by atoms with Crippen LogP contribution in [0.15, 0.2) is 23.1 Å². The molecule has 2 heterocycles. The van der Waals surface area contributed by atoms with Gasteiger partial charge in [0, 0.05) is 36.9 Å². The van der Waals surface area contributed by atoms with E-state index >= 15 is 0 Å². The Morgan fingerprint density at radius 2 is 1.97 bits per heavy atom. The minimum Gasteiger partial charge on any atom is -0.463 e. The van der Waals surface area contributed by atoms with E-state index in [9.17, 15) is 14.7 Å². The zero-order chi connectivity index (χ0) is 23.4. The number of thioether (sulfide) groups is 1. The summed E-state index contributed by atoms with van der Waals surface area (Å²) >= 11 is 7.81. The van der Waals surface area contributed by atoms with Crippen LogP contribution in [-0.4, -0.2) is 84.5 Å². The lowest BCUT2D eigenvalue weighted by Crippen LogP contribution is -2.65. The zero-order valence-corrected chi connectivity index (χ0v) is 20.4. The minimum atomic E-state index is -1.13. The number of benzene rings is 1. The lowest BCUT2D eigenvalue weighted by Gasteiger charge is -2.51. The number of likely N-dealkylation sites (N-methyl/N-ethyl adjacent to an activating group) is 1. The highest BCUT2D eigenvalue weighted by molar-refractivity contribution is 8.00. The summed E-state index contributed by atoms with van der Waals surface area (Å²) in [5.41, 5.74) is 0.931. The van der Waals surface area contributed by atoms with E-state index in [2.05, 4.69) is 23.6 Å². The normalized spacial score (nSPS) is 27.0. The fourth-order valence-electron chi connectivity index (χ4n) is 4.08. The van der Waals surface area contributed by atoms with E-state index < -0.39 is 36.5 Å². The van der Waals surface area contributed by atoms with Gasteiger partial charge in [-0.2, -0.15) is 0 Å². The molecule has 0 amide bonds. The van der Waals surface area contributed by atoms with Crippen molar-refractivity contribution in [1.82, 2.24) is 4.90 Å². The molecule has 32 heavy (non-hydrogen) atoms. The van der Waals surface area contributed by atoms with E-state index in [1.165, 1.54) is 25.6 Å². The number of esters is 2. The average Bonchev–Trinajstić information content (AvgIpc) is 2.74. The lowest BCUT2D eigenvalue weighted by molar-refractivity contribution is -0.199. The van der Waals surface area contributed by atoms with E-state index in [1.807, 2.05) is 18.2 Å². The summed E-state index contributed by atoms with van der Waals surface area (Å²) in [6.07, 6.45) is -3.29. The van der Waals surface area contributed by atoms with Crippen LogP contribution in [0.3, 0.4) is 0 Å². The molecule has 0 spiro atoms. The van der Waals surface area contributed by atoms with Gasteiger partial charge in [0.05, 0.1) is 10.9 Å². The summed E-state index contributed by atoms with van der Waals surface area (Å²) in [6.45, 7) is 10.00. The second-order valence-corrected chi connectivity index (χ2v) is 9.50. The Morgan fingerprint density at radius 3 is 2.59 bits per heavy atom. The molecule has 2 aliphatic rings. The van der Waals surface area contributed by atoms with Crippen LogP contribution in [0.1, 0.15) is 27.7 Å². The summed E-state index contributed by atoms with van der Waals surface area (Å²) < 4.78 is 17.0. The van der Waals surface area contributed by atoms with Crippen molar-refractivity contribution < 1.29 is 28.9 Å². The Morgan fingerprint density at radius 1 is 1.25 bits per heavy atom. The number of aliphatic hydroxyl groups is 1. The summed E-state index contributed by atoms with van der Waals surface area (Å²) in [6, 6.07) is 5.66. The number of hydrogen-bond acceptors (Lipinski definition) is 9. The van der Waals surface area contributed by atoms with Gasteiger partial charge in [-0.3, -0.25) is 9.59 Å². The molecule has 0 bridgehead atoms. The van der Waals surface area contributed by atoms with Gasteiger partial charge in [-0.15, -0.1) is 11.8 Å². The number of fused-ring (bicyclic) bond motifs is 2. The van der Waals surface area contributed by atoms with Gasteiger partial charge in [-0.05, 0) is 31.3 Å². The fourth-order valence-corrected chi connectivity index (χ4v) is 5.66. The third-order valence-corrected chi connectivity index (χ3v) is 7.35. The predicted molar refractivity (Wildman–Crippen MR) is 123 cm³/mol. The van der Waals surface area contributed by atoms with Gasteiger partial charge in [0.2, 0.25) is 0 Å². The molecule has 0 saturated carbocycles. The molecule has 0 radical (unpaired) electrons. The van der Waals surface area contributed by atoms with Gasteiger partial charge >= 0.3 is 11.9 Å². The number of hydrogen-bond donors (Lipinski definition) is 1. The highest BCUT2D eigenvalue weighted by atomic mass is 35.5. The number of nitrogens with zero attached hydrogens (tertiary/aromatic N) is 2. The maximum atomic E-state index is 11.9. The van der Waals surface area contributed by atoms with Crippen LogP contribution in [0.2, 0.25) is 5.02 Å². The first kappa shape index (κ1) is 25.1. The number of aliphatic hydroxyl groups excluding tert-OH is 1. The quantitative estimate of drug-likeness (QED) is 0.557. The first-order valence-electron chi connectivity index (χ1n) is 10.8. The first-order chi connectivity index (χ1) is 15.2. The van der Waals surface area contributed by atoms with Crippen molar-refractivity contribution in [2.45, 2.75) is 62.4 Å². The summed E-state index contributed by atoms with van der Waals surface area (Å²) in [4.78, 5) is 28.6. The van der Waals surface area contributed by atoms with Gasteiger partial charge < -0.3 is 29.1 Å². The van der Waals surface area contributed by atoms with Gasteiger partial charge in [0.1, 0.15) is 31.1 Å². The summed E-state index contributed by atoms with van der Waals surface area (Å²) in [7, 11) is 0. The van der Waals surface area contributed by atoms with Gasteiger partial charge in [-0.1, -0.05) is 25.4 Å². The van der Waals surface area contributed by atoms with Crippen molar-refractivity contribution in [1.29, 1.82) is 0 Å². The third kappa shape index (κ3) is 5.69. The van der Waals surface area contributed by atoms with E-state index in [-0.39, 0.29) is 11.9 Å². The molecular formula is C22H31ClN2O6S. The molecular weight excluding hydrogens is 456 g/mol. The molecule has 8 nitrogen and oxygen atoms in total. The SMILES string of the molecule is CCN(CC)CCN1c2cc(Cl)ccc2S[C@H]2[C@@H](OC(C)=O)[C@H](O)[C@@H](COC(C)=O)O[C@H]21. The van der Waals surface area contributed by atoms with Crippen molar-refractivity contribution >= 4 is 41.0 Å². The number of rotatable bonds is 8. The number of carbonyl (C=O) groups excluding carboxylic acids is 2. The molecule has 1 aromatic carbocycles. The van der Waals surface area contributed by atoms with E-state index in [0.717, 1.165) is 30.2 Å². The molecule has 1 N–H and O–H groups in total. The molecule has 1 saturated heterocycles. The van der Waals surface area contributed by atoms with Crippen molar-refractivity contribution in [3.63, 3.8) is 0 Å². The second kappa shape index (κ2) is 11.1. The molecule has 2 aliphatic heterocycles. The van der Waals surface area contributed by atoms with Crippen molar-refractivity contribution in [3.05, 3.63) is 23.2 Å². The highest BCUT2D eigenvalue weighted by Gasteiger charge is 2.52. The fraction of sp³-hybridized carbons (Fsp3) is 0.636. The molecule has 1 aromatic rings. The van der Waals surface area contributed by atoms with Gasteiger partial charge in [0.15, 0.2) is 0 Å². The van der Waals surface area contributed by atoms with Crippen LogP contribution in [0, 0.1) is 0 Å². The van der Waals surface area contributed by atoms with Crippen LogP contribution in [0.4, 0.5) is 5.69 Å². The number of anilines is 1. The molecule has 0 unspecified atom stereocenters. The Balaban J connectivity index is 1.97. The topological polar surface area (TPSA) is 88.5 Å². The van der Waals surface area contributed by atoms with Crippen LogP contribution < -0.4 is 4.90 Å². The van der Waals surface area contributed by atoms with Crippen molar-refractivity contribution in [2.75, 3.05) is 37.7 Å². The summed E-state index contributed by atoms with van der Waals surface area (Å²) in [5, 5.41) is 11.2. The highest BCUT2D eigenvalue weighted by Crippen LogP contribution is 2.47. The monoisotopic (exact) mass is 486 g/mol. The van der Waals surface area contributed by atoms with E-state index in [1.54, 1.807) is 0 Å². The molecule has 10 heteroatoms. The summed E-state index contributed by atoms with van der Waals surface area (Å²) in [5.74, 6) is -0.960. The van der Waals surface area contributed by atoms with Crippen LogP contribution in [0.5, 0.6) is 0 Å². The maximum absolute atomic E-state index is 11.9. The Hall–Kier alpha value is -1.52. The van der Waals surface area contributed by atoms with Crippen LogP contribution in [0.25, 0.3) is 0 Å². The molecule has 0 aromatic heterocycles. The first-order valence-corrected chi connectivity index (χ1v) is 12.1. The second-order valence-electron chi connectivity index (χ2n) is 7.85. The molecule has 178 valence electrons. The number of halogens is 1. The molecule has 5 atom stereocenters. The van der Waals surface area contributed by atoms with Gasteiger partial charge in [0.25, 0.3) is 0 Å². The maximum Gasteiger partial charge on any atom is 0.303 e. The van der Waals surface area contributed by atoms with Crippen molar-refractivity contribution in [2.24, 2.45) is 0 Å². The standard InChI is InChI=1S/C22H31ClN2O6S/c1-5-24(6-2)9-10-25-16-11-15(23)7-8-18(16)32-21-20(30-14(4)27)19(28)17(31-22(21)25)12-29-13(3)26/h7-8,11,17,19-22,28H,5-6,9-10,12H2,1-4H3/t17-,19-,20+,21+,22-/m1/s1. The largest absolute Gasteiger partial charge is 0.463 e. The van der Waals surface area contributed by atoms with Crippen molar-refractivity contribution in [3.8, 4) is 0 Å². The Bertz CT molecular complexity index is 824. The third-order valence-electron chi connectivity index (χ3n) is 5.74. The zero-order valence-electron chi connectivity index (χ0n) is 18.8. The smallest absolute Gasteiger partial charge is 0.303 e. The molecule has 0 aliphatic carbocycles. The van der Waals surface area contributed by atoms with E-state index in [4.69, 9.17) is 25.8 Å². The minimum absolute atomic E-state index is 0.131. The lowest BCUT2D eigenvalue weighted by atomic mass is 9.98. The molecule has 3 rings (SSSR count). The van der Waals surface area contributed by atoms with Crippen LogP contribution >= 0.6 is 23.4 Å². The number of carbonyl (C=O) groups is 2. The van der Waals surface area contributed by atoms with E-state index in [0.29, 0.717) is 11.6 Å². The average molecular weight is 487 g/mol. The molecule has 1 fully saturated rings. The predicted octanol–water partition coefficient (Wildman–Crippen LogP) is 2.54. The van der Waals surface area contributed by atoms with Gasteiger partial charge in [-0.25, -0.2) is 0 Å².